The first-order valence-corrected chi connectivity index (χ1v) is 12.4. The maximum Gasteiger partial charge on any atom is 0.326 e. The molecule has 0 radical (unpaired) electrons. The van der Waals surface area contributed by atoms with Crippen molar-refractivity contribution < 1.29 is 22.3 Å². The summed E-state index contributed by atoms with van der Waals surface area (Å²) in [4.78, 5) is 12.2. The highest BCUT2D eigenvalue weighted by molar-refractivity contribution is 7.92. The SMILES string of the molecule is O=C1CN(c2c3c(OCc4ccccc4)cccc3cc3cc4ccccc4c(F)c23)S(=O)(=O)N1. The van der Waals surface area contributed by atoms with Crippen LogP contribution in [0.4, 0.5) is 10.1 Å². The number of carbonyl (C=O) groups is 1. The summed E-state index contributed by atoms with van der Waals surface area (Å²) in [6.07, 6.45) is 0. The summed E-state index contributed by atoms with van der Waals surface area (Å²) in [6, 6.07) is 25.5. The number of ether oxygens (including phenoxy) is 1. The van der Waals surface area contributed by atoms with Crippen molar-refractivity contribution in [2.75, 3.05) is 10.8 Å². The van der Waals surface area contributed by atoms with E-state index in [-0.39, 0.29) is 17.7 Å². The van der Waals surface area contributed by atoms with Crippen LogP contribution in [-0.4, -0.2) is 20.9 Å². The molecule has 35 heavy (non-hydrogen) atoms. The normalized spacial score (nSPS) is 15.1. The number of nitrogens with zero attached hydrogens (tertiary/aromatic N) is 1. The van der Waals surface area contributed by atoms with Gasteiger partial charge in [0.25, 0.3) is 5.91 Å². The maximum atomic E-state index is 16.1. The number of benzene rings is 5. The van der Waals surface area contributed by atoms with Crippen LogP contribution in [0.25, 0.3) is 32.3 Å². The first kappa shape index (κ1) is 21.4. The molecular weight excluding hydrogens is 467 g/mol. The summed E-state index contributed by atoms with van der Waals surface area (Å²) in [5, 5.41) is 2.79. The zero-order valence-corrected chi connectivity index (χ0v) is 19.2. The van der Waals surface area contributed by atoms with Crippen LogP contribution in [0.15, 0.2) is 84.9 Å². The molecule has 8 heteroatoms. The van der Waals surface area contributed by atoms with E-state index in [4.69, 9.17) is 4.74 Å². The molecule has 0 spiro atoms. The van der Waals surface area contributed by atoms with E-state index in [9.17, 15) is 13.2 Å². The molecule has 1 N–H and O–H groups in total. The molecule has 6 rings (SSSR count). The Morgan fingerprint density at radius 3 is 2.34 bits per heavy atom. The van der Waals surface area contributed by atoms with Gasteiger partial charge in [-0.25, -0.2) is 13.4 Å². The van der Waals surface area contributed by atoms with E-state index < -0.39 is 28.5 Å². The molecule has 1 aliphatic heterocycles. The fourth-order valence-corrected chi connectivity index (χ4v) is 5.82. The zero-order valence-electron chi connectivity index (χ0n) is 18.4. The number of carbonyl (C=O) groups excluding carboxylic acids is 1. The van der Waals surface area contributed by atoms with Gasteiger partial charge in [0.2, 0.25) is 0 Å². The molecule has 1 saturated heterocycles. The molecule has 0 saturated carbocycles. The standard InChI is InChI=1S/C27H19FN2O4S/c28-26-21-11-5-4-9-18(21)13-20-14-19-10-6-12-22(34-16-17-7-2-1-3-8-17)24(19)27(25(20)26)30-15-23(31)29-35(30,32)33/h1-14H,15-16H2,(H,29,31). The Hall–Kier alpha value is -4.17. The van der Waals surface area contributed by atoms with E-state index in [1.807, 2.05) is 59.3 Å². The fourth-order valence-electron chi connectivity index (χ4n) is 4.64. The van der Waals surface area contributed by atoms with Crippen LogP contribution in [0.3, 0.4) is 0 Å². The molecule has 0 aliphatic carbocycles. The van der Waals surface area contributed by atoms with Gasteiger partial charge in [-0.15, -0.1) is 0 Å². The smallest absolute Gasteiger partial charge is 0.326 e. The van der Waals surface area contributed by atoms with Crippen LogP contribution in [0.5, 0.6) is 5.75 Å². The predicted octanol–water partition coefficient (Wildman–Crippen LogP) is 5.05. The monoisotopic (exact) mass is 486 g/mol. The van der Waals surface area contributed by atoms with Crippen molar-refractivity contribution >= 4 is 54.1 Å². The van der Waals surface area contributed by atoms with Crippen LogP contribution < -0.4 is 13.8 Å². The molecule has 5 aromatic carbocycles. The van der Waals surface area contributed by atoms with Gasteiger partial charge < -0.3 is 4.74 Å². The second kappa shape index (κ2) is 7.95. The number of amides is 1. The Labute approximate surface area is 200 Å². The number of hydrogen-bond acceptors (Lipinski definition) is 4. The molecule has 0 atom stereocenters. The van der Waals surface area contributed by atoms with Crippen molar-refractivity contribution in [1.82, 2.24) is 4.72 Å². The van der Waals surface area contributed by atoms with Gasteiger partial charge in [-0.2, -0.15) is 8.42 Å². The minimum absolute atomic E-state index is 0.0859. The van der Waals surface area contributed by atoms with E-state index in [1.54, 1.807) is 30.3 Å². The van der Waals surface area contributed by atoms with Crippen LogP contribution >= 0.6 is 0 Å². The second-order valence-corrected chi connectivity index (χ2v) is 10.00. The fraction of sp³-hybridized carbons (Fsp3) is 0.0741. The number of halogens is 1. The Morgan fingerprint density at radius 2 is 1.57 bits per heavy atom. The molecule has 1 amide bonds. The molecule has 1 fully saturated rings. The Kier molecular flexibility index (Phi) is 4.86. The lowest BCUT2D eigenvalue weighted by Gasteiger charge is -2.22. The second-order valence-electron chi connectivity index (χ2n) is 8.40. The van der Waals surface area contributed by atoms with E-state index in [0.717, 1.165) is 9.87 Å². The van der Waals surface area contributed by atoms with Gasteiger partial charge in [0.1, 0.15) is 24.7 Å². The van der Waals surface area contributed by atoms with Crippen molar-refractivity contribution in [2.45, 2.75) is 6.61 Å². The predicted molar refractivity (Wildman–Crippen MR) is 134 cm³/mol. The zero-order chi connectivity index (χ0) is 24.2. The number of rotatable bonds is 4. The summed E-state index contributed by atoms with van der Waals surface area (Å²) < 4.78 is 51.1. The lowest BCUT2D eigenvalue weighted by atomic mass is 9.96. The Balaban J connectivity index is 1.69. The summed E-state index contributed by atoms with van der Waals surface area (Å²) in [7, 11) is -4.21. The topological polar surface area (TPSA) is 75.7 Å². The highest BCUT2D eigenvalue weighted by Gasteiger charge is 2.37. The van der Waals surface area contributed by atoms with Gasteiger partial charge in [0.15, 0.2) is 0 Å². The number of nitrogens with one attached hydrogen (secondary N) is 1. The van der Waals surface area contributed by atoms with E-state index >= 15 is 4.39 Å². The van der Waals surface area contributed by atoms with Crippen molar-refractivity contribution in [1.29, 1.82) is 0 Å². The summed E-state index contributed by atoms with van der Waals surface area (Å²) >= 11 is 0. The third-order valence-corrected chi connectivity index (χ3v) is 7.54. The summed E-state index contributed by atoms with van der Waals surface area (Å²) in [5.74, 6) is -0.841. The van der Waals surface area contributed by atoms with Crippen LogP contribution in [-0.2, 0) is 21.6 Å². The van der Waals surface area contributed by atoms with Crippen molar-refractivity contribution in [3.63, 3.8) is 0 Å². The average Bonchev–Trinajstić information content (AvgIpc) is 3.13. The molecular formula is C27H19FN2O4S. The first-order chi connectivity index (χ1) is 16.9. The molecule has 1 aliphatic rings. The van der Waals surface area contributed by atoms with Crippen molar-refractivity contribution in [3.8, 4) is 5.75 Å². The summed E-state index contributed by atoms with van der Waals surface area (Å²) in [5.41, 5.74) is 1.01. The molecule has 0 unspecified atom stereocenters. The number of fused-ring (bicyclic) bond motifs is 3. The minimum Gasteiger partial charge on any atom is -0.488 e. The lowest BCUT2D eigenvalue weighted by Crippen LogP contribution is -2.30. The van der Waals surface area contributed by atoms with Gasteiger partial charge in [-0.1, -0.05) is 66.7 Å². The molecule has 6 nitrogen and oxygen atoms in total. The van der Waals surface area contributed by atoms with Gasteiger partial charge in [0, 0.05) is 16.2 Å². The van der Waals surface area contributed by atoms with Crippen molar-refractivity contribution in [2.24, 2.45) is 0 Å². The molecule has 0 aromatic heterocycles. The molecule has 5 aromatic rings. The number of hydrogen-bond donors (Lipinski definition) is 1. The van der Waals surface area contributed by atoms with Gasteiger partial charge in [0.05, 0.1) is 5.69 Å². The van der Waals surface area contributed by atoms with Gasteiger partial charge in [-0.05, 0) is 39.9 Å². The van der Waals surface area contributed by atoms with Crippen LogP contribution in [0.2, 0.25) is 0 Å². The molecule has 0 bridgehead atoms. The Morgan fingerprint density at radius 1 is 0.857 bits per heavy atom. The largest absolute Gasteiger partial charge is 0.488 e. The van der Waals surface area contributed by atoms with Gasteiger partial charge in [-0.3, -0.25) is 4.79 Å². The summed E-state index contributed by atoms with van der Waals surface area (Å²) in [6.45, 7) is -0.211. The quantitative estimate of drug-likeness (QED) is 0.361. The van der Waals surface area contributed by atoms with Crippen LogP contribution in [0, 0.1) is 5.82 Å². The maximum absolute atomic E-state index is 16.1. The van der Waals surface area contributed by atoms with Crippen LogP contribution in [0.1, 0.15) is 5.56 Å². The molecule has 1 heterocycles. The third-order valence-electron chi connectivity index (χ3n) is 6.17. The average molecular weight is 487 g/mol. The van der Waals surface area contributed by atoms with E-state index in [0.29, 0.717) is 32.7 Å². The highest BCUT2D eigenvalue weighted by Crippen LogP contribution is 2.44. The van der Waals surface area contributed by atoms with E-state index in [2.05, 4.69) is 0 Å². The Bertz CT molecular complexity index is 1750. The van der Waals surface area contributed by atoms with E-state index in [1.165, 1.54) is 0 Å². The lowest BCUT2D eigenvalue weighted by molar-refractivity contribution is -0.117. The first-order valence-electron chi connectivity index (χ1n) is 11.0. The third kappa shape index (κ3) is 3.54. The van der Waals surface area contributed by atoms with Gasteiger partial charge >= 0.3 is 10.2 Å². The minimum atomic E-state index is -4.21. The highest BCUT2D eigenvalue weighted by atomic mass is 32.2. The number of anilines is 1. The molecule has 174 valence electrons. The van der Waals surface area contributed by atoms with Crippen molar-refractivity contribution in [3.05, 3.63) is 96.3 Å².